The van der Waals surface area contributed by atoms with Crippen LogP contribution in [0.4, 0.5) is 10.1 Å². The normalized spacial score (nSPS) is 10.5. The first-order chi connectivity index (χ1) is 11.6. The van der Waals surface area contributed by atoms with Gasteiger partial charge >= 0.3 is 0 Å². The van der Waals surface area contributed by atoms with Gasteiger partial charge in [0.25, 0.3) is 0 Å². The van der Waals surface area contributed by atoms with Crippen molar-refractivity contribution in [2.75, 3.05) is 18.0 Å². The third kappa shape index (κ3) is 5.08. The summed E-state index contributed by atoms with van der Waals surface area (Å²) in [5, 5.41) is 2.89. The number of nitrogens with one attached hydrogen (secondary N) is 1. The predicted molar refractivity (Wildman–Crippen MR) is 96.6 cm³/mol. The molecule has 0 bridgehead atoms. The number of benzene rings is 2. The van der Waals surface area contributed by atoms with Gasteiger partial charge in [0.05, 0.1) is 0 Å². The highest BCUT2D eigenvalue weighted by molar-refractivity contribution is 5.76. The van der Waals surface area contributed by atoms with Crippen molar-refractivity contribution in [3.8, 4) is 0 Å². The van der Waals surface area contributed by atoms with E-state index in [-0.39, 0.29) is 11.7 Å². The first-order valence-corrected chi connectivity index (χ1v) is 8.48. The Balaban J connectivity index is 1.80. The Labute approximate surface area is 143 Å². The molecule has 2 rings (SSSR count). The number of anilines is 1. The summed E-state index contributed by atoms with van der Waals surface area (Å²) in [4.78, 5) is 14.2. The molecule has 2 aromatic rings. The van der Waals surface area contributed by atoms with E-state index in [9.17, 15) is 9.18 Å². The van der Waals surface area contributed by atoms with Crippen molar-refractivity contribution in [2.45, 2.75) is 33.2 Å². The van der Waals surface area contributed by atoms with Crippen LogP contribution in [0.2, 0.25) is 0 Å². The van der Waals surface area contributed by atoms with E-state index >= 15 is 0 Å². The van der Waals surface area contributed by atoms with E-state index in [4.69, 9.17) is 0 Å². The van der Waals surface area contributed by atoms with Gasteiger partial charge in [-0.2, -0.15) is 0 Å². The average molecular weight is 328 g/mol. The summed E-state index contributed by atoms with van der Waals surface area (Å²) >= 11 is 0. The molecule has 0 spiro atoms. The van der Waals surface area contributed by atoms with Crippen molar-refractivity contribution in [3.05, 3.63) is 65.5 Å². The van der Waals surface area contributed by atoms with Gasteiger partial charge in [0.2, 0.25) is 5.91 Å². The van der Waals surface area contributed by atoms with Crippen molar-refractivity contribution in [1.29, 1.82) is 0 Å². The zero-order chi connectivity index (χ0) is 17.4. The van der Waals surface area contributed by atoms with Crippen molar-refractivity contribution in [1.82, 2.24) is 5.32 Å². The standard InChI is InChI=1S/C20H25FN2O/c1-3-23(4-2)18-12-9-16(10-13-18)15-22-20(24)14-11-17-7-5-6-8-19(17)21/h5-10,12-13H,3-4,11,14-15H2,1-2H3,(H,22,24). The Morgan fingerprint density at radius 1 is 1.04 bits per heavy atom. The molecule has 0 radical (unpaired) electrons. The minimum Gasteiger partial charge on any atom is -0.372 e. The molecule has 128 valence electrons. The van der Waals surface area contributed by atoms with E-state index in [0.29, 0.717) is 24.9 Å². The molecule has 0 saturated carbocycles. The SMILES string of the molecule is CCN(CC)c1ccc(CNC(=O)CCc2ccccc2F)cc1. The zero-order valence-electron chi connectivity index (χ0n) is 14.4. The number of rotatable bonds is 8. The van der Waals surface area contributed by atoms with Crippen molar-refractivity contribution in [3.63, 3.8) is 0 Å². The van der Waals surface area contributed by atoms with Crippen LogP contribution < -0.4 is 10.2 Å². The average Bonchev–Trinajstić information content (AvgIpc) is 2.61. The fraction of sp³-hybridized carbons (Fsp3) is 0.350. The van der Waals surface area contributed by atoms with Crippen LogP contribution in [0, 0.1) is 5.82 Å². The summed E-state index contributed by atoms with van der Waals surface area (Å²) in [6.07, 6.45) is 0.706. The molecule has 0 aliphatic carbocycles. The van der Waals surface area contributed by atoms with Crippen LogP contribution in [0.5, 0.6) is 0 Å². The molecule has 0 fully saturated rings. The molecule has 0 unspecified atom stereocenters. The maximum Gasteiger partial charge on any atom is 0.220 e. The smallest absolute Gasteiger partial charge is 0.220 e. The summed E-state index contributed by atoms with van der Waals surface area (Å²) < 4.78 is 13.5. The molecule has 1 N–H and O–H groups in total. The van der Waals surface area contributed by atoms with E-state index < -0.39 is 0 Å². The highest BCUT2D eigenvalue weighted by Crippen LogP contribution is 2.15. The summed E-state index contributed by atoms with van der Waals surface area (Å²) in [5.41, 5.74) is 2.83. The Bertz CT molecular complexity index is 651. The monoisotopic (exact) mass is 328 g/mol. The van der Waals surface area contributed by atoms with Gasteiger partial charge in [-0.3, -0.25) is 4.79 Å². The molecule has 1 amide bonds. The molecule has 2 aromatic carbocycles. The number of amides is 1. The van der Waals surface area contributed by atoms with Crippen molar-refractivity contribution >= 4 is 11.6 Å². The third-order valence-electron chi connectivity index (χ3n) is 4.13. The van der Waals surface area contributed by atoms with Crippen LogP contribution in [0.1, 0.15) is 31.4 Å². The van der Waals surface area contributed by atoms with E-state index in [2.05, 4.69) is 36.2 Å². The third-order valence-corrected chi connectivity index (χ3v) is 4.13. The Kier molecular flexibility index (Phi) is 6.79. The lowest BCUT2D eigenvalue weighted by Gasteiger charge is -2.21. The number of carbonyl (C=O) groups is 1. The molecule has 0 atom stereocenters. The van der Waals surface area contributed by atoms with Gasteiger partial charge in [-0.05, 0) is 49.6 Å². The van der Waals surface area contributed by atoms with Gasteiger partial charge in [-0.25, -0.2) is 4.39 Å². The summed E-state index contributed by atoms with van der Waals surface area (Å²) in [5.74, 6) is -0.316. The molecular weight excluding hydrogens is 303 g/mol. The minimum absolute atomic E-state index is 0.0638. The molecular formula is C20H25FN2O. The van der Waals surface area contributed by atoms with Gasteiger partial charge in [0, 0.05) is 31.7 Å². The van der Waals surface area contributed by atoms with Gasteiger partial charge in [0.1, 0.15) is 5.82 Å². The minimum atomic E-state index is -0.253. The second-order valence-electron chi connectivity index (χ2n) is 5.71. The Hall–Kier alpha value is -2.36. The van der Waals surface area contributed by atoms with Crippen LogP contribution in [0.25, 0.3) is 0 Å². The van der Waals surface area contributed by atoms with Gasteiger partial charge in [0.15, 0.2) is 0 Å². The Morgan fingerprint density at radius 3 is 2.33 bits per heavy atom. The second-order valence-corrected chi connectivity index (χ2v) is 5.71. The second kappa shape index (κ2) is 9.06. The van der Waals surface area contributed by atoms with Crippen LogP contribution >= 0.6 is 0 Å². The number of aryl methyl sites for hydroxylation is 1. The first kappa shape index (κ1) is 18.0. The fourth-order valence-corrected chi connectivity index (χ4v) is 2.65. The first-order valence-electron chi connectivity index (χ1n) is 8.48. The highest BCUT2D eigenvalue weighted by Gasteiger charge is 2.06. The molecule has 0 aromatic heterocycles. The van der Waals surface area contributed by atoms with Gasteiger partial charge in [-0.1, -0.05) is 30.3 Å². The van der Waals surface area contributed by atoms with E-state index in [1.807, 2.05) is 12.1 Å². The van der Waals surface area contributed by atoms with Crippen molar-refractivity contribution in [2.24, 2.45) is 0 Å². The van der Waals surface area contributed by atoms with E-state index in [1.54, 1.807) is 18.2 Å². The lowest BCUT2D eigenvalue weighted by atomic mass is 10.1. The fourth-order valence-electron chi connectivity index (χ4n) is 2.65. The number of carbonyl (C=O) groups excluding carboxylic acids is 1. The number of halogens is 1. The summed E-state index contributed by atoms with van der Waals surface area (Å²) in [6, 6.07) is 14.8. The maximum atomic E-state index is 13.5. The lowest BCUT2D eigenvalue weighted by Crippen LogP contribution is -2.23. The van der Waals surface area contributed by atoms with Crippen LogP contribution in [0.3, 0.4) is 0 Å². The van der Waals surface area contributed by atoms with E-state index in [1.165, 1.54) is 11.8 Å². The van der Waals surface area contributed by atoms with Crippen LogP contribution in [-0.4, -0.2) is 19.0 Å². The summed E-state index contributed by atoms with van der Waals surface area (Å²) in [6.45, 7) is 6.71. The topological polar surface area (TPSA) is 32.3 Å². The zero-order valence-corrected chi connectivity index (χ0v) is 14.4. The number of nitrogens with zero attached hydrogens (tertiary/aromatic N) is 1. The largest absolute Gasteiger partial charge is 0.372 e. The molecule has 24 heavy (non-hydrogen) atoms. The quantitative estimate of drug-likeness (QED) is 0.796. The molecule has 3 nitrogen and oxygen atoms in total. The summed E-state index contributed by atoms with van der Waals surface area (Å²) in [7, 11) is 0. The molecule has 4 heteroatoms. The van der Waals surface area contributed by atoms with Crippen LogP contribution in [0.15, 0.2) is 48.5 Å². The number of hydrogen-bond acceptors (Lipinski definition) is 2. The van der Waals surface area contributed by atoms with E-state index in [0.717, 1.165) is 18.7 Å². The highest BCUT2D eigenvalue weighted by atomic mass is 19.1. The number of hydrogen-bond donors (Lipinski definition) is 1. The Morgan fingerprint density at radius 2 is 1.71 bits per heavy atom. The predicted octanol–water partition coefficient (Wildman–Crippen LogP) is 3.92. The molecule has 0 aliphatic rings. The maximum absolute atomic E-state index is 13.5. The molecule has 0 saturated heterocycles. The van der Waals surface area contributed by atoms with Crippen molar-refractivity contribution < 1.29 is 9.18 Å². The van der Waals surface area contributed by atoms with Gasteiger partial charge < -0.3 is 10.2 Å². The molecule has 0 heterocycles. The molecule has 0 aliphatic heterocycles. The lowest BCUT2D eigenvalue weighted by molar-refractivity contribution is -0.121. The van der Waals surface area contributed by atoms with Crippen LogP contribution in [-0.2, 0) is 17.8 Å². The van der Waals surface area contributed by atoms with Gasteiger partial charge in [-0.15, -0.1) is 0 Å².